The van der Waals surface area contributed by atoms with E-state index < -0.39 is 0 Å². The molecule has 1 saturated heterocycles. The molecule has 0 N–H and O–H groups in total. The summed E-state index contributed by atoms with van der Waals surface area (Å²) in [5.41, 5.74) is 0.650. The Balaban J connectivity index is 2.49. The predicted octanol–water partition coefficient (Wildman–Crippen LogP) is 3.57. The Morgan fingerprint density at radius 1 is 1.55 bits per heavy atom. The van der Waals surface area contributed by atoms with Crippen molar-refractivity contribution in [2.45, 2.75) is 40.0 Å². The molecule has 1 fully saturated rings. The van der Waals surface area contributed by atoms with E-state index in [1.165, 1.54) is 30.8 Å². The molecule has 0 aromatic rings. The summed E-state index contributed by atoms with van der Waals surface area (Å²) in [7, 11) is 0. The monoisotopic (exact) mass is 172 g/mol. The van der Waals surface area contributed by atoms with Crippen LogP contribution in [0, 0.1) is 11.3 Å². The quantitative estimate of drug-likeness (QED) is 0.613. The van der Waals surface area contributed by atoms with Crippen molar-refractivity contribution >= 4 is 11.8 Å². The van der Waals surface area contributed by atoms with E-state index in [4.69, 9.17) is 0 Å². The third-order valence-corrected chi connectivity index (χ3v) is 4.71. The maximum atomic E-state index is 2.47. The normalized spacial score (nSPS) is 35.2. The molecule has 1 heterocycles. The Kier molecular flexibility index (Phi) is 3.29. The first-order chi connectivity index (χ1) is 5.19. The Bertz CT molecular complexity index is 114. The lowest BCUT2D eigenvalue weighted by Crippen LogP contribution is -2.30. The van der Waals surface area contributed by atoms with E-state index in [1.54, 1.807) is 0 Å². The summed E-state index contributed by atoms with van der Waals surface area (Å²) < 4.78 is 0. The zero-order valence-electron chi connectivity index (χ0n) is 8.02. The molecule has 2 unspecified atom stereocenters. The smallest absolute Gasteiger partial charge is 0.00109 e. The molecule has 2 atom stereocenters. The molecular formula is C10H20S. The van der Waals surface area contributed by atoms with Crippen LogP contribution in [-0.4, -0.2) is 11.5 Å². The van der Waals surface area contributed by atoms with Gasteiger partial charge in [0.1, 0.15) is 0 Å². The number of hydrogen-bond donors (Lipinski definition) is 0. The van der Waals surface area contributed by atoms with Gasteiger partial charge in [-0.3, -0.25) is 0 Å². The van der Waals surface area contributed by atoms with Gasteiger partial charge in [0.25, 0.3) is 0 Å². The van der Waals surface area contributed by atoms with Gasteiger partial charge in [0.05, 0.1) is 0 Å². The van der Waals surface area contributed by atoms with Crippen LogP contribution in [0.1, 0.15) is 40.0 Å². The molecule has 0 aromatic heterocycles. The Hall–Kier alpha value is 0.350. The molecule has 0 saturated carbocycles. The minimum atomic E-state index is 0.650. The Morgan fingerprint density at radius 2 is 2.27 bits per heavy atom. The van der Waals surface area contributed by atoms with Gasteiger partial charge in [-0.05, 0) is 35.7 Å². The van der Waals surface area contributed by atoms with Gasteiger partial charge >= 0.3 is 0 Å². The van der Waals surface area contributed by atoms with Crippen molar-refractivity contribution in [1.29, 1.82) is 0 Å². The number of hydrogen-bond acceptors (Lipinski definition) is 1. The first-order valence-electron chi connectivity index (χ1n) is 4.77. The van der Waals surface area contributed by atoms with Gasteiger partial charge < -0.3 is 0 Å². The fraction of sp³-hybridized carbons (Fsp3) is 1.00. The van der Waals surface area contributed by atoms with Crippen molar-refractivity contribution in [1.82, 2.24) is 0 Å². The fourth-order valence-electron chi connectivity index (χ4n) is 1.84. The number of rotatable bonds is 2. The van der Waals surface area contributed by atoms with Crippen LogP contribution in [0.4, 0.5) is 0 Å². The molecule has 0 bridgehead atoms. The fourth-order valence-corrected chi connectivity index (χ4v) is 3.22. The van der Waals surface area contributed by atoms with Crippen LogP contribution in [0.2, 0.25) is 0 Å². The van der Waals surface area contributed by atoms with E-state index in [1.807, 2.05) is 0 Å². The van der Waals surface area contributed by atoms with Crippen molar-refractivity contribution in [2.75, 3.05) is 11.5 Å². The molecule has 1 aliphatic heterocycles. The van der Waals surface area contributed by atoms with Crippen LogP contribution in [0.3, 0.4) is 0 Å². The van der Waals surface area contributed by atoms with Crippen molar-refractivity contribution in [3.8, 4) is 0 Å². The summed E-state index contributed by atoms with van der Waals surface area (Å²) in [6, 6.07) is 0. The second kappa shape index (κ2) is 3.84. The van der Waals surface area contributed by atoms with Crippen LogP contribution in [0.5, 0.6) is 0 Å². The van der Waals surface area contributed by atoms with Gasteiger partial charge in [-0.1, -0.05) is 27.2 Å². The molecule has 0 spiro atoms. The van der Waals surface area contributed by atoms with Gasteiger partial charge in [0, 0.05) is 0 Å². The molecule has 66 valence electrons. The van der Waals surface area contributed by atoms with Gasteiger partial charge in [0.15, 0.2) is 0 Å². The van der Waals surface area contributed by atoms with Crippen LogP contribution < -0.4 is 0 Å². The standard InChI is InChI=1S/C10H20S/c1-4-9(2)10(3)6-5-7-11-8-10/h9H,4-8H2,1-3H3. The average Bonchev–Trinajstić information content (AvgIpc) is 2.04. The van der Waals surface area contributed by atoms with E-state index >= 15 is 0 Å². The molecular weight excluding hydrogens is 152 g/mol. The minimum Gasteiger partial charge on any atom is -0.161 e. The third kappa shape index (κ3) is 2.14. The van der Waals surface area contributed by atoms with Gasteiger partial charge in [-0.2, -0.15) is 11.8 Å². The Labute approximate surface area is 75.1 Å². The van der Waals surface area contributed by atoms with E-state index in [0.717, 1.165) is 5.92 Å². The maximum Gasteiger partial charge on any atom is -0.00109 e. The van der Waals surface area contributed by atoms with Crippen molar-refractivity contribution in [2.24, 2.45) is 11.3 Å². The SMILES string of the molecule is CCC(C)C1(C)CCCSC1. The highest BCUT2D eigenvalue weighted by molar-refractivity contribution is 7.99. The molecule has 1 heteroatoms. The lowest BCUT2D eigenvalue weighted by molar-refractivity contribution is 0.207. The average molecular weight is 172 g/mol. The van der Waals surface area contributed by atoms with Crippen molar-refractivity contribution < 1.29 is 0 Å². The first kappa shape index (κ1) is 9.44. The second-order valence-corrected chi connectivity index (χ2v) is 5.22. The van der Waals surface area contributed by atoms with E-state index in [2.05, 4.69) is 32.5 Å². The second-order valence-electron chi connectivity index (χ2n) is 4.12. The molecule has 11 heavy (non-hydrogen) atoms. The van der Waals surface area contributed by atoms with Gasteiger partial charge in [-0.15, -0.1) is 0 Å². The summed E-state index contributed by atoms with van der Waals surface area (Å²) in [4.78, 5) is 0. The summed E-state index contributed by atoms with van der Waals surface area (Å²) in [5, 5.41) is 0. The third-order valence-electron chi connectivity index (χ3n) is 3.27. The highest BCUT2D eigenvalue weighted by atomic mass is 32.2. The minimum absolute atomic E-state index is 0.650. The van der Waals surface area contributed by atoms with E-state index in [0.29, 0.717) is 5.41 Å². The molecule has 0 amide bonds. The maximum absolute atomic E-state index is 2.47. The van der Waals surface area contributed by atoms with Crippen LogP contribution in [0.25, 0.3) is 0 Å². The zero-order valence-corrected chi connectivity index (χ0v) is 8.84. The summed E-state index contributed by atoms with van der Waals surface area (Å²) in [6.07, 6.45) is 4.23. The molecule has 0 aromatic carbocycles. The van der Waals surface area contributed by atoms with E-state index in [-0.39, 0.29) is 0 Å². The highest BCUT2D eigenvalue weighted by Crippen LogP contribution is 2.41. The van der Waals surface area contributed by atoms with Crippen LogP contribution in [0.15, 0.2) is 0 Å². The summed E-state index contributed by atoms with van der Waals surface area (Å²) in [6.45, 7) is 7.19. The van der Waals surface area contributed by atoms with Gasteiger partial charge in [-0.25, -0.2) is 0 Å². The first-order valence-corrected chi connectivity index (χ1v) is 5.92. The summed E-state index contributed by atoms with van der Waals surface area (Å²) in [5.74, 6) is 3.70. The van der Waals surface area contributed by atoms with Crippen LogP contribution in [-0.2, 0) is 0 Å². The molecule has 1 aliphatic rings. The summed E-state index contributed by atoms with van der Waals surface area (Å²) >= 11 is 2.15. The van der Waals surface area contributed by atoms with Crippen LogP contribution >= 0.6 is 11.8 Å². The lowest BCUT2D eigenvalue weighted by Gasteiger charge is -2.38. The number of thioether (sulfide) groups is 1. The van der Waals surface area contributed by atoms with Gasteiger partial charge in [0.2, 0.25) is 0 Å². The zero-order chi connectivity index (χ0) is 8.32. The van der Waals surface area contributed by atoms with E-state index in [9.17, 15) is 0 Å². The molecule has 1 rings (SSSR count). The van der Waals surface area contributed by atoms with Crippen molar-refractivity contribution in [3.05, 3.63) is 0 Å². The predicted molar refractivity (Wildman–Crippen MR) is 54.1 cm³/mol. The molecule has 0 aliphatic carbocycles. The lowest BCUT2D eigenvalue weighted by atomic mass is 9.75. The Morgan fingerprint density at radius 3 is 2.73 bits per heavy atom. The topological polar surface area (TPSA) is 0 Å². The molecule has 0 nitrogen and oxygen atoms in total. The van der Waals surface area contributed by atoms with Crippen molar-refractivity contribution in [3.63, 3.8) is 0 Å². The largest absolute Gasteiger partial charge is 0.161 e. The highest BCUT2D eigenvalue weighted by Gasteiger charge is 2.31. The molecule has 0 radical (unpaired) electrons.